The number of carbonyl (C=O) groups excluding carboxylic acids is 2. The Balaban J connectivity index is 1.84. The second kappa shape index (κ2) is 8.66. The molecule has 0 saturated heterocycles. The van der Waals surface area contributed by atoms with E-state index in [0.717, 1.165) is 10.2 Å². The number of amides is 1. The molecule has 0 aliphatic carbocycles. The number of rotatable bonds is 6. The van der Waals surface area contributed by atoms with Crippen LogP contribution >= 0.6 is 0 Å². The van der Waals surface area contributed by atoms with Crippen molar-refractivity contribution in [1.29, 1.82) is 0 Å². The molecule has 2 aromatic carbocycles. The Labute approximate surface area is 166 Å². The number of nitrogens with one attached hydrogen (secondary N) is 1. The summed E-state index contributed by atoms with van der Waals surface area (Å²) in [4.78, 5) is 37.5. The molecule has 150 valence electrons. The lowest BCUT2D eigenvalue weighted by atomic mass is 10.1. The zero-order valence-electron chi connectivity index (χ0n) is 16.1. The fourth-order valence-electron chi connectivity index (χ4n) is 2.87. The first-order valence-corrected chi connectivity index (χ1v) is 9.10. The van der Waals surface area contributed by atoms with Crippen LogP contribution in [-0.2, 0) is 16.1 Å². The minimum Gasteiger partial charge on any atom is -0.448 e. The Bertz CT molecular complexity index is 1120. The van der Waals surface area contributed by atoms with Crippen LogP contribution in [0.3, 0.4) is 0 Å². The lowest BCUT2D eigenvalue weighted by molar-refractivity contribution is -0.123. The number of hydrogen-bond donors (Lipinski definition) is 2. The molecule has 3 aromatic rings. The van der Waals surface area contributed by atoms with Crippen molar-refractivity contribution in [3.05, 3.63) is 70.1 Å². The van der Waals surface area contributed by atoms with Gasteiger partial charge in [-0.15, -0.1) is 0 Å². The van der Waals surface area contributed by atoms with Crippen molar-refractivity contribution in [2.75, 3.05) is 11.9 Å². The molecule has 0 aliphatic heterocycles. The van der Waals surface area contributed by atoms with Crippen LogP contribution in [0, 0.1) is 6.92 Å². The average Bonchev–Trinajstić information content (AvgIpc) is 2.70. The molecule has 0 unspecified atom stereocenters. The maximum Gasteiger partial charge on any atom is 0.360 e. The van der Waals surface area contributed by atoms with Crippen molar-refractivity contribution >= 4 is 28.3 Å². The van der Waals surface area contributed by atoms with Gasteiger partial charge in [0.05, 0.1) is 18.5 Å². The summed E-state index contributed by atoms with van der Waals surface area (Å²) >= 11 is 0. The van der Waals surface area contributed by atoms with E-state index in [1.807, 2.05) is 19.1 Å². The van der Waals surface area contributed by atoms with Crippen LogP contribution in [0.1, 0.15) is 23.0 Å². The standard InChI is InChI=1S/C21H21N3O5/c1-13-6-5-7-15(12-13)22-19(26)14(2)29-21(28)18-16-8-3-4-9-17(16)20(27)24(23-18)10-11-25/h3-9,12,14,25H,10-11H2,1-2H3,(H,22,26)/t14-/m1/s1. The van der Waals surface area contributed by atoms with Crippen molar-refractivity contribution in [2.45, 2.75) is 26.5 Å². The number of aryl methyl sites for hydroxylation is 1. The first kappa shape index (κ1) is 20.2. The van der Waals surface area contributed by atoms with Gasteiger partial charge in [0.2, 0.25) is 0 Å². The van der Waals surface area contributed by atoms with Crippen LogP contribution in [0.5, 0.6) is 0 Å². The molecule has 0 aliphatic rings. The third kappa shape index (κ3) is 4.49. The maximum absolute atomic E-state index is 12.7. The lowest BCUT2D eigenvalue weighted by Crippen LogP contribution is -2.32. The Kier molecular flexibility index (Phi) is 6.04. The van der Waals surface area contributed by atoms with E-state index in [4.69, 9.17) is 9.84 Å². The number of carbonyl (C=O) groups is 2. The maximum atomic E-state index is 12.7. The Morgan fingerprint density at radius 2 is 1.90 bits per heavy atom. The predicted octanol–water partition coefficient (Wildman–Crippen LogP) is 1.88. The van der Waals surface area contributed by atoms with Gasteiger partial charge in [0.1, 0.15) is 0 Å². The molecule has 1 aromatic heterocycles. The van der Waals surface area contributed by atoms with Crippen molar-refractivity contribution in [3.8, 4) is 0 Å². The van der Waals surface area contributed by atoms with E-state index in [2.05, 4.69) is 10.4 Å². The van der Waals surface area contributed by atoms with E-state index in [-0.39, 0.29) is 24.2 Å². The molecule has 1 heterocycles. The summed E-state index contributed by atoms with van der Waals surface area (Å²) in [5, 5.41) is 16.5. The lowest BCUT2D eigenvalue weighted by Gasteiger charge is -2.15. The zero-order valence-corrected chi connectivity index (χ0v) is 16.1. The molecule has 1 atom stereocenters. The van der Waals surface area contributed by atoms with E-state index in [1.165, 1.54) is 6.92 Å². The molecule has 0 radical (unpaired) electrons. The van der Waals surface area contributed by atoms with E-state index in [0.29, 0.717) is 11.1 Å². The highest BCUT2D eigenvalue weighted by Gasteiger charge is 2.23. The number of aromatic nitrogens is 2. The van der Waals surface area contributed by atoms with Gasteiger partial charge in [-0.1, -0.05) is 30.3 Å². The van der Waals surface area contributed by atoms with Crippen molar-refractivity contribution in [1.82, 2.24) is 9.78 Å². The number of aliphatic hydroxyl groups is 1. The zero-order chi connectivity index (χ0) is 21.0. The van der Waals surface area contributed by atoms with E-state index < -0.39 is 23.5 Å². The van der Waals surface area contributed by atoms with E-state index in [1.54, 1.807) is 36.4 Å². The quantitative estimate of drug-likeness (QED) is 0.617. The van der Waals surface area contributed by atoms with Crippen molar-refractivity contribution < 1.29 is 19.4 Å². The average molecular weight is 395 g/mol. The molecule has 1 amide bonds. The number of esters is 1. The van der Waals surface area contributed by atoms with Crippen LogP contribution < -0.4 is 10.9 Å². The molecule has 0 spiro atoms. The molecule has 3 rings (SSSR count). The number of aliphatic hydroxyl groups excluding tert-OH is 1. The summed E-state index contributed by atoms with van der Waals surface area (Å²) < 4.78 is 6.30. The third-order valence-corrected chi connectivity index (χ3v) is 4.31. The van der Waals surface area contributed by atoms with E-state index >= 15 is 0 Å². The topological polar surface area (TPSA) is 111 Å². The molecule has 29 heavy (non-hydrogen) atoms. The fraction of sp³-hybridized carbons (Fsp3) is 0.238. The van der Waals surface area contributed by atoms with Gasteiger partial charge in [0, 0.05) is 11.1 Å². The second-order valence-electron chi connectivity index (χ2n) is 6.55. The van der Waals surface area contributed by atoms with Gasteiger partial charge in [0.15, 0.2) is 11.8 Å². The van der Waals surface area contributed by atoms with Crippen LogP contribution in [0.4, 0.5) is 5.69 Å². The number of ether oxygens (including phenoxy) is 1. The Morgan fingerprint density at radius 3 is 2.59 bits per heavy atom. The summed E-state index contributed by atoms with van der Waals surface area (Å²) in [5.41, 5.74) is 1.06. The monoisotopic (exact) mass is 395 g/mol. The summed E-state index contributed by atoms with van der Waals surface area (Å²) in [6.07, 6.45) is -1.08. The number of fused-ring (bicyclic) bond motifs is 1. The molecule has 2 N–H and O–H groups in total. The first-order chi connectivity index (χ1) is 13.9. The summed E-state index contributed by atoms with van der Waals surface area (Å²) in [5.74, 6) is -1.32. The van der Waals surface area contributed by atoms with Crippen molar-refractivity contribution in [3.63, 3.8) is 0 Å². The van der Waals surface area contributed by atoms with Gasteiger partial charge in [0.25, 0.3) is 11.5 Å². The predicted molar refractivity (Wildman–Crippen MR) is 108 cm³/mol. The fourth-order valence-corrected chi connectivity index (χ4v) is 2.87. The van der Waals surface area contributed by atoms with Gasteiger partial charge in [-0.3, -0.25) is 9.59 Å². The molecule has 8 heteroatoms. The molecule has 8 nitrogen and oxygen atoms in total. The first-order valence-electron chi connectivity index (χ1n) is 9.10. The highest BCUT2D eigenvalue weighted by atomic mass is 16.5. The minimum absolute atomic E-state index is 0.0622. The molecule has 0 fully saturated rings. The smallest absolute Gasteiger partial charge is 0.360 e. The number of anilines is 1. The van der Waals surface area contributed by atoms with Gasteiger partial charge in [-0.05, 0) is 37.6 Å². The van der Waals surface area contributed by atoms with Crippen LogP contribution in [0.2, 0.25) is 0 Å². The number of benzene rings is 2. The normalized spacial score (nSPS) is 11.8. The van der Waals surface area contributed by atoms with Gasteiger partial charge < -0.3 is 15.2 Å². The largest absolute Gasteiger partial charge is 0.448 e. The number of hydrogen-bond acceptors (Lipinski definition) is 6. The summed E-state index contributed by atoms with van der Waals surface area (Å²) in [6, 6.07) is 13.7. The SMILES string of the molecule is Cc1cccc(NC(=O)[C@@H](C)OC(=O)c2nn(CCO)c(=O)c3ccccc23)c1. The van der Waals surface area contributed by atoms with Gasteiger partial charge >= 0.3 is 5.97 Å². The van der Waals surface area contributed by atoms with Crippen molar-refractivity contribution in [2.24, 2.45) is 0 Å². The molecule has 0 saturated carbocycles. The summed E-state index contributed by atoms with van der Waals surface area (Å²) in [6.45, 7) is 2.98. The van der Waals surface area contributed by atoms with Gasteiger partial charge in [-0.25, -0.2) is 9.48 Å². The Hall–Kier alpha value is -3.52. The highest BCUT2D eigenvalue weighted by Crippen LogP contribution is 2.16. The van der Waals surface area contributed by atoms with Crippen LogP contribution in [-0.4, -0.2) is 39.5 Å². The van der Waals surface area contributed by atoms with Crippen LogP contribution in [0.15, 0.2) is 53.3 Å². The number of nitrogens with zero attached hydrogens (tertiary/aromatic N) is 2. The molecular formula is C21H21N3O5. The highest BCUT2D eigenvalue weighted by molar-refractivity contribution is 6.03. The van der Waals surface area contributed by atoms with E-state index in [9.17, 15) is 14.4 Å². The summed E-state index contributed by atoms with van der Waals surface area (Å²) in [7, 11) is 0. The molecular weight excluding hydrogens is 374 g/mol. The van der Waals surface area contributed by atoms with Crippen LogP contribution in [0.25, 0.3) is 10.8 Å². The second-order valence-corrected chi connectivity index (χ2v) is 6.55. The minimum atomic E-state index is -1.08. The Morgan fingerprint density at radius 1 is 1.17 bits per heavy atom. The molecule has 0 bridgehead atoms. The third-order valence-electron chi connectivity index (χ3n) is 4.31. The van der Waals surface area contributed by atoms with Gasteiger partial charge in [-0.2, -0.15) is 5.10 Å².